The van der Waals surface area contributed by atoms with Crippen LogP contribution in [0.1, 0.15) is 47.7 Å². The van der Waals surface area contributed by atoms with E-state index < -0.39 is 0 Å². The third kappa shape index (κ3) is 6.07. The van der Waals surface area contributed by atoms with Crippen LogP contribution in [0.2, 0.25) is 0 Å². The molecule has 0 aliphatic carbocycles. The topological polar surface area (TPSA) is 108 Å². The summed E-state index contributed by atoms with van der Waals surface area (Å²) in [7, 11) is 0. The smallest absolute Gasteiger partial charge is 0.231 e. The number of hydrogen-bond acceptors (Lipinski definition) is 7. The monoisotopic (exact) mass is 498 g/mol. The number of nitriles is 1. The molecule has 192 valence electrons. The molecular formula is C29H34N6O2. The van der Waals surface area contributed by atoms with Crippen LogP contribution in [0.15, 0.2) is 42.5 Å². The van der Waals surface area contributed by atoms with Gasteiger partial charge in [0, 0.05) is 31.7 Å². The number of carbonyl (C=O) groups is 1. The van der Waals surface area contributed by atoms with Gasteiger partial charge >= 0.3 is 0 Å². The Morgan fingerprint density at radius 3 is 2.51 bits per heavy atom. The molecule has 1 aromatic heterocycles. The molecule has 2 N–H and O–H groups in total. The van der Waals surface area contributed by atoms with Crippen LogP contribution in [-0.4, -0.2) is 53.5 Å². The molecule has 0 spiro atoms. The number of piperazine rings is 1. The van der Waals surface area contributed by atoms with E-state index >= 15 is 0 Å². The molecule has 2 aromatic carbocycles. The summed E-state index contributed by atoms with van der Waals surface area (Å²) in [6, 6.07) is 16.0. The number of aryl methyl sites for hydroxylation is 2. The molecule has 4 rings (SSSR count). The van der Waals surface area contributed by atoms with Crippen LogP contribution in [0.5, 0.6) is 5.75 Å². The Labute approximate surface area is 218 Å². The summed E-state index contributed by atoms with van der Waals surface area (Å²) < 4.78 is 6.36. The highest BCUT2D eigenvalue weighted by molar-refractivity contribution is 5.76. The zero-order valence-corrected chi connectivity index (χ0v) is 22.0. The number of nitrogens with two attached hydrogens (primary N) is 1. The van der Waals surface area contributed by atoms with Gasteiger partial charge in [0.25, 0.3) is 0 Å². The highest BCUT2D eigenvalue weighted by atomic mass is 16.5. The first-order chi connectivity index (χ1) is 17.8. The Morgan fingerprint density at radius 1 is 1.11 bits per heavy atom. The minimum absolute atomic E-state index is 0.249. The number of aromatic nitrogens is 2. The van der Waals surface area contributed by atoms with E-state index in [1.165, 1.54) is 5.56 Å². The summed E-state index contributed by atoms with van der Waals surface area (Å²) in [5.41, 5.74) is 10.7. The molecule has 0 unspecified atom stereocenters. The fraction of sp³-hybridized carbons (Fsp3) is 0.379. The summed E-state index contributed by atoms with van der Waals surface area (Å²) >= 11 is 0. The summed E-state index contributed by atoms with van der Waals surface area (Å²) in [4.78, 5) is 25.4. The first-order valence-electron chi connectivity index (χ1n) is 12.6. The van der Waals surface area contributed by atoms with Gasteiger partial charge in [0.2, 0.25) is 5.91 Å². The van der Waals surface area contributed by atoms with Crippen molar-refractivity contribution < 1.29 is 9.53 Å². The van der Waals surface area contributed by atoms with E-state index in [2.05, 4.69) is 47.9 Å². The van der Waals surface area contributed by atoms with Gasteiger partial charge in [0.05, 0.1) is 29.4 Å². The zero-order valence-electron chi connectivity index (χ0n) is 22.0. The maximum Gasteiger partial charge on any atom is 0.231 e. The van der Waals surface area contributed by atoms with Gasteiger partial charge in [-0.05, 0) is 49.1 Å². The average Bonchev–Trinajstić information content (AvgIpc) is 2.88. The van der Waals surface area contributed by atoms with Gasteiger partial charge in [-0.1, -0.05) is 38.1 Å². The standard InChI is InChI=1S/C29H34N6O2/c1-19(2)22-10-9-20(3)26(15-22)37-18-25-21(4)32-28(24-8-6-5-7-23(24)16-30)33-29(25)35-13-11-34(12-14-35)17-27(31)36/h5-10,15,19H,11-14,17-18H2,1-4H3,(H2,31,36). The second kappa shape index (κ2) is 11.4. The normalized spacial score (nSPS) is 14.0. The molecule has 1 aliphatic heterocycles. The van der Waals surface area contributed by atoms with Crippen molar-refractivity contribution in [1.82, 2.24) is 14.9 Å². The third-order valence-electron chi connectivity index (χ3n) is 6.78. The van der Waals surface area contributed by atoms with Crippen LogP contribution >= 0.6 is 0 Å². The quantitative estimate of drug-likeness (QED) is 0.501. The summed E-state index contributed by atoms with van der Waals surface area (Å²) in [6.45, 7) is 11.7. The predicted octanol–water partition coefficient (Wildman–Crippen LogP) is 3.94. The Bertz CT molecular complexity index is 1320. The minimum Gasteiger partial charge on any atom is -0.488 e. The number of rotatable bonds is 8. The molecule has 3 aromatic rings. The highest BCUT2D eigenvalue weighted by Crippen LogP contribution is 2.30. The number of ether oxygens (including phenoxy) is 1. The van der Waals surface area contributed by atoms with E-state index in [1.807, 2.05) is 32.0 Å². The molecule has 0 radical (unpaired) electrons. The Morgan fingerprint density at radius 2 is 1.84 bits per heavy atom. The first-order valence-corrected chi connectivity index (χ1v) is 12.6. The minimum atomic E-state index is -0.324. The number of carbonyl (C=O) groups excluding carboxylic acids is 1. The lowest BCUT2D eigenvalue weighted by Gasteiger charge is -2.36. The molecule has 2 heterocycles. The first kappa shape index (κ1) is 26.1. The number of amides is 1. The largest absolute Gasteiger partial charge is 0.488 e. The Balaban J connectivity index is 1.70. The van der Waals surface area contributed by atoms with Crippen LogP contribution in [0, 0.1) is 25.2 Å². The van der Waals surface area contributed by atoms with Crippen LogP contribution in [0.3, 0.4) is 0 Å². The number of benzene rings is 2. The zero-order chi connectivity index (χ0) is 26.5. The number of anilines is 1. The van der Waals surface area contributed by atoms with E-state index in [1.54, 1.807) is 6.07 Å². The van der Waals surface area contributed by atoms with Gasteiger partial charge < -0.3 is 15.4 Å². The SMILES string of the molecule is Cc1ccc(C(C)C)cc1OCc1c(C)nc(-c2ccccc2C#N)nc1N1CCN(CC(N)=O)CC1. The fourth-order valence-electron chi connectivity index (χ4n) is 4.53. The average molecular weight is 499 g/mol. The van der Waals surface area contributed by atoms with Crippen LogP contribution in [0.4, 0.5) is 5.82 Å². The second-order valence-electron chi connectivity index (χ2n) is 9.79. The van der Waals surface area contributed by atoms with E-state index in [9.17, 15) is 10.1 Å². The second-order valence-corrected chi connectivity index (χ2v) is 9.79. The number of hydrogen-bond donors (Lipinski definition) is 1. The summed E-state index contributed by atoms with van der Waals surface area (Å²) in [5.74, 6) is 2.24. The lowest BCUT2D eigenvalue weighted by Crippen LogP contribution is -2.49. The molecule has 1 aliphatic rings. The fourth-order valence-corrected chi connectivity index (χ4v) is 4.53. The van der Waals surface area contributed by atoms with Crippen LogP contribution in [0.25, 0.3) is 11.4 Å². The van der Waals surface area contributed by atoms with E-state index in [-0.39, 0.29) is 12.5 Å². The van der Waals surface area contributed by atoms with Gasteiger partial charge in [0.15, 0.2) is 5.82 Å². The van der Waals surface area contributed by atoms with Gasteiger partial charge in [-0.25, -0.2) is 9.97 Å². The molecular weight excluding hydrogens is 464 g/mol. The van der Waals surface area contributed by atoms with Crippen molar-refractivity contribution in [3.8, 4) is 23.2 Å². The Hall–Kier alpha value is -3.96. The van der Waals surface area contributed by atoms with Crippen molar-refractivity contribution in [2.75, 3.05) is 37.6 Å². The maximum atomic E-state index is 11.4. The molecule has 0 saturated carbocycles. The van der Waals surface area contributed by atoms with Gasteiger partial charge in [0.1, 0.15) is 18.2 Å². The lowest BCUT2D eigenvalue weighted by atomic mass is 10.0. The molecule has 0 bridgehead atoms. The van der Waals surface area contributed by atoms with Gasteiger partial charge in [-0.2, -0.15) is 5.26 Å². The molecule has 1 saturated heterocycles. The lowest BCUT2D eigenvalue weighted by molar-refractivity contribution is -0.119. The molecule has 1 fully saturated rings. The van der Waals surface area contributed by atoms with Crippen LogP contribution < -0.4 is 15.4 Å². The van der Waals surface area contributed by atoms with Crippen molar-refractivity contribution >= 4 is 11.7 Å². The van der Waals surface area contributed by atoms with Gasteiger partial charge in [-0.15, -0.1) is 0 Å². The summed E-state index contributed by atoms with van der Waals surface area (Å²) in [5, 5.41) is 9.64. The summed E-state index contributed by atoms with van der Waals surface area (Å²) in [6.07, 6.45) is 0. The highest BCUT2D eigenvalue weighted by Gasteiger charge is 2.24. The van der Waals surface area contributed by atoms with Crippen molar-refractivity contribution in [3.05, 3.63) is 70.4 Å². The number of nitrogens with zero attached hydrogens (tertiary/aromatic N) is 5. The van der Waals surface area contributed by atoms with Gasteiger partial charge in [-0.3, -0.25) is 9.69 Å². The molecule has 8 nitrogen and oxygen atoms in total. The maximum absolute atomic E-state index is 11.4. The Kier molecular flexibility index (Phi) is 8.04. The van der Waals surface area contributed by atoms with Crippen LogP contribution in [-0.2, 0) is 11.4 Å². The third-order valence-corrected chi connectivity index (χ3v) is 6.78. The van der Waals surface area contributed by atoms with E-state index in [4.69, 9.17) is 20.4 Å². The van der Waals surface area contributed by atoms with E-state index in [0.717, 1.165) is 28.4 Å². The molecule has 37 heavy (non-hydrogen) atoms. The predicted molar refractivity (Wildman–Crippen MR) is 144 cm³/mol. The number of primary amides is 1. The van der Waals surface area contributed by atoms with Crippen molar-refractivity contribution in [3.63, 3.8) is 0 Å². The van der Waals surface area contributed by atoms with Crippen molar-refractivity contribution in [1.29, 1.82) is 5.26 Å². The molecule has 8 heteroatoms. The molecule has 0 atom stereocenters. The molecule has 1 amide bonds. The van der Waals surface area contributed by atoms with Crippen molar-refractivity contribution in [2.45, 2.75) is 40.2 Å². The van der Waals surface area contributed by atoms with E-state index in [0.29, 0.717) is 55.7 Å². The van der Waals surface area contributed by atoms with Crippen molar-refractivity contribution in [2.24, 2.45) is 5.73 Å².